The summed E-state index contributed by atoms with van der Waals surface area (Å²) in [5.74, 6) is 0.00679. The van der Waals surface area contributed by atoms with E-state index in [9.17, 15) is 9.59 Å². The maximum absolute atomic E-state index is 12.9. The topological polar surface area (TPSA) is 49.4 Å². The van der Waals surface area contributed by atoms with Gasteiger partial charge in [0.1, 0.15) is 6.04 Å². The number of rotatable bonds is 3. The summed E-state index contributed by atoms with van der Waals surface area (Å²) in [5.41, 5.74) is 1.75. The molecule has 0 spiro atoms. The van der Waals surface area contributed by atoms with Gasteiger partial charge in [0.25, 0.3) is 0 Å². The minimum atomic E-state index is -0.503. The van der Waals surface area contributed by atoms with E-state index in [1.807, 2.05) is 52.0 Å². The van der Waals surface area contributed by atoms with Crippen LogP contribution in [0, 0.1) is 12.3 Å². The first kappa shape index (κ1) is 17.5. The van der Waals surface area contributed by atoms with Gasteiger partial charge in [-0.15, -0.1) is 0 Å². The SMILES string of the molecule is Cc1ccc(CN(C(=O)C(C)(C)C)C2CCCCNC2=O)cc1. The van der Waals surface area contributed by atoms with E-state index in [4.69, 9.17) is 0 Å². The molecule has 1 saturated heterocycles. The minimum absolute atomic E-state index is 0.0211. The fraction of sp³-hybridized carbons (Fsp3) is 0.579. The summed E-state index contributed by atoms with van der Waals surface area (Å²) in [5, 5.41) is 2.94. The molecule has 1 atom stereocenters. The number of carbonyl (C=O) groups is 2. The Bertz CT molecular complexity index is 558. The Morgan fingerprint density at radius 2 is 1.87 bits per heavy atom. The largest absolute Gasteiger partial charge is 0.354 e. The second kappa shape index (κ2) is 7.16. The minimum Gasteiger partial charge on any atom is -0.354 e. The van der Waals surface area contributed by atoms with Crippen LogP contribution in [0.1, 0.15) is 51.2 Å². The first-order chi connectivity index (χ1) is 10.8. The molecule has 23 heavy (non-hydrogen) atoms. The van der Waals surface area contributed by atoms with Gasteiger partial charge in [-0.3, -0.25) is 9.59 Å². The Kier molecular flexibility index (Phi) is 5.45. The maximum atomic E-state index is 12.9. The van der Waals surface area contributed by atoms with Crippen LogP contribution >= 0.6 is 0 Å². The molecular formula is C19H28N2O2. The molecule has 0 radical (unpaired) electrons. The average Bonchev–Trinajstić information content (AvgIpc) is 2.70. The average molecular weight is 316 g/mol. The lowest BCUT2D eigenvalue weighted by atomic mass is 9.92. The highest BCUT2D eigenvalue weighted by Crippen LogP contribution is 2.24. The van der Waals surface area contributed by atoms with Gasteiger partial charge >= 0.3 is 0 Å². The summed E-state index contributed by atoms with van der Waals surface area (Å²) in [7, 11) is 0. The monoisotopic (exact) mass is 316 g/mol. The van der Waals surface area contributed by atoms with Crippen molar-refractivity contribution in [2.45, 2.75) is 59.5 Å². The summed E-state index contributed by atoms with van der Waals surface area (Å²) >= 11 is 0. The fourth-order valence-electron chi connectivity index (χ4n) is 2.87. The molecule has 0 bridgehead atoms. The Labute approximate surface area is 139 Å². The van der Waals surface area contributed by atoms with E-state index in [-0.39, 0.29) is 17.9 Å². The molecular weight excluding hydrogens is 288 g/mol. The number of amides is 2. The molecule has 1 aromatic carbocycles. The van der Waals surface area contributed by atoms with Crippen LogP contribution in [-0.2, 0) is 16.1 Å². The van der Waals surface area contributed by atoms with Crippen LogP contribution in [0.3, 0.4) is 0 Å². The highest BCUT2D eigenvalue weighted by Gasteiger charge is 2.35. The Morgan fingerprint density at radius 3 is 2.48 bits per heavy atom. The Morgan fingerprint density at radius 1 is 1.22 bits per heavy atom. The van der Waals surface area contributed by atoms with E-state index >= 15 is 0 Å². The predicted octanol–water partition coefficient (Wildman–Crippen LogP) is 3.04. The van der Waals surface area contributed by atoms with E-state index < -0.39 is 5.41 Å². The van der Waals surface area contributed by atoms with Gasteiger partial charge in [-0.25, -0.2) is 0 Å². The van der Waals surface area contributed by atoms with Gasteiger partial charge < -0.3 is 10.2 Å². The summed E-state index contributed by atoms with van der Waals surface area (Å²) in [4.78, 5) is 27.1. The zero-order chi connectivity index (χ0) is 17.0. The third-order valence-electron chi connectivity index (χ3n) is 4.26. The zero-order valence-electron chi connectivity index (χ0n) is 14.7. The first-order valence-electron chi connectivity index (χ1n) is 8.43. The molecule has 1 aliphatic heterocycles. The van der Waals surface area contributed by atoms with Crippen molar-refractivity contribution in [3.05, 3.63) is 35.4 Å². The van der Waals surface area contributed by atoms with E-state index in [0.29, 0.717) is 13.1 Å². The number of hydrogen-bond donors (Lipinski definition) is 1. The third kappa shape index (κ3) is 4.57. The van der Waals surface area contributed by atoms with Crippen molar-refractivity contribution in [2.75, 3.05) is 6.54 Å². The normalized spacial score (nSPS) is 19.0. The van der Waals surface area contributed by atoms with Crippen molar-refractivity contribution >= 4 is 11.8 Å². The summed E-state index contributed by atoms with van der Waals surface area (Å²) < 4.78 is 0. The quantitative estimate of drug-likeness (QED) is 0.932. The van der Waals surface area contributed by atoms with E-state index in [1.54, 1.807) is 4.90 Å². The standard InChI is InChI=1S/C19H28N2O2/c1-14-8-10-15(11-9-14)13-21(18(23)19(2,3)4)16-7-5-6-12-20-17(16)22/h8-11,16H,5-7,12-13H2,1-4H3,(H,20,22). The van der Waals surface area contributed by atoms with Crippen LogP contribution in [0.5, 0.6) is 0 Å². The number of nitrogens with one attached hydrogen (secondary N) is 1. The molecule has 2 amide bonds. The molecule has 1 aliphatic rings. The highest BCUT2D eigenvalue weighted by molar-refractivity contribution is 5.89. The van der Waals surface area contributed by atoms with Crippen molar-refractivity contribution in [3.8, 4) is 0 Å². The van der Waals surface area contributed by atoms with Gasteiger partial charge in [0.05, 0.1) is 0 Å². The van der Waals surface area contributed by atoms with Crippen molar-refractivity contribution < 1.29 is 9.59 Å². The molecule has 0 saturated carbocycles. The molecule has 4 nitrogen and oxygen atoms in total. The Balaban J connectivity index is 2.28. The van der Waals surface area contributed by atoms with Gasteiger partial charge in [-0.05, 0) is 31.7 Å². The van der Waals surface area contributed by atoms with Gasteiger partial charge in [0.2, 0.25) is 11.8 Å². The number of carbonyl (C=O) groups excluding carboxylic acids is 2. The van der Waals surface area contributed by atoms with Crippen LogP contribution in [0.4, 0.5) is 0 Å². The summed E-state index contributed by atoms with van der Waals surface area (Å²) in [6.45, 7) is 8.96. The Hall–Kier alpha value is -1.84. The van der Waals surface area contributed by atoms with E-state index in [2.05, 4.69) is 5.32 Å². The van der Waals surface area contributed by atoms with E-state index in [1.165, 1.54) is 5.56 Å². The highest BCUT2D eigenvalue weighted by atomic mass is 16.2. The number of benzene rings is 1. The van der Waals surface area contributed by atoms with Crippen LogP contribution < -0.4 is 5.32 Å². The summed E-state index contributed by atoms with van der Waals surface area (Å²) in [6.07, 6.45) is 2.68. The molecule has 1 N–H and O–H groups in total. The van der Waals surface area contributed by atoms with Crippen LogP contribution in [0.15, 0.2) is 24.3 Å². The summed E-state index contributed by atoms with van der Waals surface area (Å²) in [6, 6.07) is 7.79. The van der Waals surface area contributed by atoms with Gasteiger partial charge in [-0.2, -0.15) is 0 Å². The van der Waals surface area contributed by atoms with Crippen LogP contribution in [0.2, 0.25) is 0 Å². The molecule has 1 unspecified atom stereocenters. The van der Waals surface area contributed by atoms with Gasteiger partial charge in [0.15, 0.2) is 0 Å². The lowest BCUT2D eigenvalue weighted by Gasteiger charge is -2.35. The second-order valence-electron chi connectivity index (χ2n) is 7.47. The molecule has 0 aromatic heterocycles. The lowest BCUT2D eigenvalue weighted by Crippen LogP contribution is -2.51. The molecule has 1 heterocycles. The molecule has 1 aromatic rings. The zero-order valence-corrected chi connectivity index (χ0v) is 14.7. The number of hydrogen-bond acceptors (Lipinski definition) is 2. The number of aryl methyl sites for hydroxylation is 1. The number of nitrogens with zero attached hydrogens (tertiary/aromatic N) is 1. The first-order valence-corrected chi connectivity index (χ1v) is 8.43. The van der Waals surface area contributed by atoms with Crippen LogP contribution in [0.25, 0.3) is 0 Å². The molecule has 0 aliphatic carbocycles. The van der Waals surface area contributed by atoms with Crippen molar-refractivity contribution in [3.63, 3.8) is 0 Å². The smallest absolute Gasteiger partial charge is 0.242 e. The third-order valence-corrected chi connectivity index (χ3v) is 4.26. The molecule has 4 heteroatoms. The lowest BCUT2D eigenvalue weighted by molar-refractivity contribution is -0.147. The van der Waals surface area contributed by atoms with Gasteiger partial charge in [-0.1, -0.05) is 50.6 Å². The molecule has 1 fully saturated rings. The van der Waals surface area contributed by atoms with E-state index in [0.717, 1.165) is 24.8 Å². The van der Waals surface area contributed by atoms with Gasteiger partial charge in [0, 0.05) is 18.5 Å². The fourth-order valence-corrected chi connectivity index (χ4v) is 2.87. The predicted molar refractivity (Wildman–Crippen MR) is 91.8 cm³/mol. The molecule has 2 rings (SSSR count). The van der Waals surface area contributed by atoms with Crippen molar-refractivity contribution in [1.29, 1.82) is 0 Å². The van der Waals surface area contributed by atoms with Crippen molar-refractivity contribution in [2.24, 2.45) is 5.41 Å². The van der Waals surface area contributed by atoms with Crippen LogP contribution in [-0.4, -0.2) is 29.3 Å². The maximum Gasteiger partial charge on any atom is 0.242 e. The van der Waals surface area contributed by atoms with Crippen molar-refractivity contribution in [1.82, 2.24) is 10.2 Å². The second-order valence-corrected chi connectivity index (χ2v) is 7.47. The molecule has 126 valence electrons.